The minimum atomic E-state index is -0.265. The summed E-state index contributed by atoms with van der Waals surface area (Å²) in [5.74, 6) is 1.48. The molecule has 0 spiro atoms. The Morgan fingerprint density at radius 1 is 0.792 bits per heavy atom. The molecular formula is C21H18O2S. The molecule has 0 aromatic heterocycles. The standard InChI is InChI=1S/C21H18O2S/c1-3-7-17(8-4-1)21(15-23-21)18-11-13-19(14-12-18)22-16-24-20-9-5-2-6-10-20/h1-14H,15-16H2. The van der Waals surface area contributed by atoms with Crippen LogP contribution in [0.15, 0.2) is 89.8 Å². The van der Waals surface area contributed by atoms with Crippen molar-refractivity contribution < 1.29 is 9.47 Å². The highest BCUT2D eigenvalue weighted by Crippen LogP contribution is 2.45. The van der Waals surface area contributed by atoms with Gasteiger partial charge in [0, 0.05) is 4.90 Å². The molecule has 3 aromatic carbocycles. The Bertz CT molecular complexity index is 781. The molecule has 1 atom stereocenters. The minimum absolute atomic E-state index is 0.265. The summed E-state index contributed by atoms with van der Waals surface area (Å²) in [5.41, 5.74) is 2.12. The highest BCUT2D eigenvalue weighted by Gasteiger charge is 2.47. The predicted octanol–water partition coefficient (Wildman–Crippen LogP) is 5.09. The van der Waals surface area contributed by atoms with E-state index in [4.69, 9.17) is 9.47 Å². The van der Waals surface area contributed by atoms with Crippen LogP contribution < -0.4 is 4.74 Å². The van der Waals surface area contributed by atoms with E-state index in [0.717, 1.165) is 12.4 Å². The van der Waals surface area contributed by atoms with Gasteiger partial charge in [-0.2, -0.15) is 0 Å². The number of benzene rings is 3. The molecule has 24 heavy (non-hydrogen) atoms. The van der Waals surface area contributed by atoms with Gasteiger partial charge in [-0.1, -0.05) is 72.4 Å². The molecule has 0 bridgehead atoms. The summed E-state index contributed by atoms with van der Waals surface area (Å²) in [6.07, 6.45) is 0. The van der Waals surface area contributed by atoms with Crippen molar-refractivity contribution in [3.8, 4) is 5.75 Å². The Morgan fingerprint density at radius 2 is 1.38 bits per heavy atom. The number of epoxide rings is 1. The topological polar surface area (TPSA) is 21.8 Å². The quantitative estimate of drug-likeness (QED) is 0.356. The largest absolute Gasteiger partial charge is 0.483 e. The number of ether oxygens (including phenoxy) is 2. The summed E-state index contributed by atoms with van der Waals surface area (Å²) < 4.78 is 11.6. The molecule has 1 heterocycles. The highest BCUT2D eigenvalue weighted by atomic mass is 32.2. The summed E-state index contributed by atoms with van der Waals surface area (Å²) in [4.78, 5) is 1.21. The van der Waals surface area contributed by atoms with Gasteiger partial charge in [-0.05, 0) is 35.4 Å². The second-order valence-corrected chi connectivity index (χ2v) is 6.72. The second-order valence-electron chi connectivity index (χ2n) is 5.73. The van der Waals surface area contributed by atoms with Gasteiger partial charge in [0.2, 0.25) is 0 Å². The van der Waals surface area contributed by atoms with E-state index in [2.05, 4.69) is 48.5 Å². The van der Waals surface area contributed by atoms with Gasteiger partial charge in [-0.15, -0.1) is 0 Å². The van der Waals surface area contributed by atoms with Crippen molar-refractivity contribution in [1.82, 2.24) is 0 Å². The number of hydrogen-bond donors (Lipinski definition) is 0. The zero-order valence-corrected chi connectivity index (χ0v) is 14.0. The van der Waals surface area contributed by atoms with Crippen LogP contribution in [0.2, 0.25) is 0 Å². The van der Waals surface area contributed by atoms with E-state index in [1.54, 1.807) is 11.8 Å². The normalized spacial score (nSPS) is 19.0. The van der Waals surface area contributed by atoms with Crippen molar-refractivity contribution in [1.29, 1.82) is 0 Å². The zero-order valence-electron chi connectivity index (χ0n) is 13.2. The van der Waals surface area contributed by atoms with Crippen LogP contribution in [-0.4, -0.2) is 12.5 Å². The third-order valence-electron chi connectivity index (χ3n) is 4.19. The molecule has 1 aliphatic heterocycles. The van der Waals surface area contributed by atoms with Crippen LogP contribution in [0.4, 0.5) is 0 Å². The average molecular weight is 334 g/mol. The molecule has 0 amide bonds. The highest BCUT2D eigenvalue weighted by molar-refractivity contribution is 7.99. The maximum atomic E-state index is 5.83. The first kappa shape index (κ1) is 15.3. The van der Waals surface area contributed by atoms with Gasteiger partial charge in [0.05, 0.1) is 6.61 Å². The molecule has 1 fully saturated rings. The van der Waals surface area contributed by atoms with E-state index in [9.17, 15) is 0 Å². The number of rotatable bonds is 6. The Balaban J connectivity index is 1.40. The Kier molecular flexibility index (Phi) is 4.28. The number of thioether (sulfide) groups is 1. The first-order chi connectivity index (χ1) is 11.9. The first-order valence-electron chi connectivity index (χ1n) is 7.97. The van der Waals surface area contributed by atoms with Crippen LogP contribution in [0.1, 0.15) is 11.1 Å². The molecule has 1 aliphatic rings. The lowest BCUT2D eigenvalue weighted by molar-refractivity contribution is 0.348. The van der Waals surface area contributed by atoms with Crippen LogP contribution >= 0.6 is 11.8 Å². The van der Waals surface area contributed by atoms with E-state index in [1.165, 1.54) is 16.0 Å². The van der Waals surface area contributed by atoms with Gasteiger partial charge < -0.3 is 9.47 Å². The molecule has 2 nitrogen and oxygen atoms in total. The zero-order chi connectivity index (χ0) is 16.2. The molecule has 120 valence electrons. The molecule has 3 aromatic rings. The summed E-state index contributed by atoms with van der Waals surface area (Å²) in [5, 5.41) is 0. The lowest BCUT2D eigenvalue weighted by Crippen LogP contribution is -2.10. The molecular weight excluding hydrogens is 316 g/mol. The van der Waals surface area contributed by atoms with Crippen molar-refractivity contribution in [3.05, 3.63) is 96.1 Å². The Morgan fingerprint density at radius 3 is 2.00 bits per heavy atom. The average Bonchev–Trinajstić information content (AvgIpc) is 3.46. The van der Waals surface area contributed by atoms with Crippen LogP contribution in [-0.2, 0) is 10.3 Å². The van der Waals surface area contributed by atoms with Gasteiger partial charge in [0.15, 0.2) is 0 Å². The number of hydrogen-bond acceptors (Lipinski definition) is 3. The van der Waals surface area contributed by atoms with Crippen molar-refractivity contribution in [2.24, 2.45) is 0 Å². The van der Waals surface area contributed by atoms with Crippen LogP contribution in [0.5, 0.6) is 5.75 Å². The van der Waals surface area contributed by atoms with Crippen molar-refractivity contribution in [2.45, 2.75) is 10.5 Å². The van der Waals surface area contributed by atoms with Gasteiger partial charge in [-0.3, -0.25) is 0 Å². The van der Waals surface area contributed by atoms with E-state index in [0.29, 0.717) is 5.94 Å². The van der Waals surface area contributed by atoms with Gasteiger partial charge in [0.25, 0.3) is 0 Å². The van der Waals surface area contributed by atoms with Gasteiger partial charge in [-0.25, -0.2) is 0 Å². The van der Waals surface area contributed by atoms with E-state index in [-0.39, 0.29) is 5.60 Å². The Labute approximate surface area is 146 Å². The molecule has 0 radical (unpaired) electrons. The van der Waals surface area contributed by atoms with E-state index >= 15 is 0 Å². The maximum absolute atomic E-state index is 5.83. The minimum Gasteiger partial charge on any atom is -0.483 e. The van der Waals surface area contributed by atoms with E-state index < -0.39 is 0 Å². The first-order valence-corrected chi connectivity index (χ1v) is 8.96. The molecule has 3 heteroatoms. The molecule has 0 aliphatic carbocycles. The van der Waals surface area contributed by atoms with Crippen molar-refractivity contribution in [2.75, 3.05) is 12.5 Å². The van der Waals surface area contributed by atoms with Crippen molar-refractivity contribution in [3.63, 3.8) is 0 Å². The van der Waals surface area contributed by atoms with Crippen molar-refractivity contribution >= 4 is 11.8 Å². The fraction of sp³-hybridized carbons (Fsp3) is 0.143. The summed E-state index contributed by atoms with van der Waals surface area (Å²) in [6, 6.07) is 28.9. The fourth-order valence-corrected chi connectivity index (χ4v) is 3.46. The molecule has 1 saturated heterocycles. The van der Waals surface area contributed by atoms with E-state index in [1.807, 2.05) is 36.4 Å². The van der Waals surface area contributed by atoms with Crippen LogP contribution in [0.3, 0.4) is 0 Å². The van der Waals surface area contributed by atoms with Gasteiger partial charge in [0.1, 0.15) is 17.3 Å². The monoisotopic (exact) mass is 334 g/mol. The summed E-state index contributed by atoms with van der Waals surface area (Å²) in [7, 11) is 0. The summed E-state index contributed by atoms with van der Waals surface area (Å²) in [6.45, 7) is 0.737. The molecule has 0 N–H and O–H groups in total. The van der Waals surface area contributed by atoms with Gasteiger partial charge >= 0.3 is 0 Å². The van der Waals surface area contributed by atoms with Crippen LogP contribution in [0, 0.1) is 0 Å². The lowest BCUT2D eigenvalue weighted by atomic mass is 9.92. The third kappa shape index (κ3) is 3.18. The lowest BCUT2D eigenvalue weighted by Gasteiger charge is -2.13. The Hall–Kier alpha value is -2.23. The predicted molar refractivity (Wildman–Crippen MR) is 97.4 cm³/mol. The molecule has 4 rings (SSSR count). The third-order valence-corrected chi connectivity index (χ3v) is 5.03. The SMILES string of the molecule is c1ccc(SCOc2ccc(C3(c4ccccc4)CO3)cc2)cc1. The maximum Gasteiger partial charge on any atom is 0.142 e. The fourth-order valence-electron chi connectivity index (χ4n) is 2.78. The smallest absolute Gasteiger partial charge is 0.142 e. The second kappa shape index (κ2) is 6.71. The molecule has 0 saturated carbocycles. The summed E-state index contributed by atoms with van der Waals surface area (Å²) >= 11 is 1.69. The molecule has 1 unspecified atom stereocenters. The van der Waals surface area contributed by atoms with Crippen LogP contribution in [0.25, 0.3) is 0 Å².